The Morgan fingerprint density at radius 1 is 0.889 bits per heavy atom. The van der Waals surface area contributed by atoms with Gasteiger partial charge in [-0.05, 0) is 49.2 Å². The zero-order valence-corrected chi connectivity index (χ0v) is 15.2. The Morgan fingerprint density at radius 3 is 2.41 bits per heavy atom. The molecular formula is C23H19NO3. The van der Waals surface area contributed by atoms with Gasteiger partial charge in [0, 0.05) is 11.3 Å². The van der Waals surface area contributed by atoms with Crippen LogP contribution in [-0.2, 0) is 11.2 Å². The summed E-state index contributed by atoms with van der Waals surface area (Å²) in [5.74, 6) is -0.155. The molecule has 4 rings (SSSR count). The summed E-state index contributed by atoms with van der Waals surface area (Å²) in [6.45, 7) is 3.93. The van der Waals surface area contributed by atoms with E-state index in [1.807, 2.05) is 56.3 Å². The van der Waals surface area contributed by atoms with Gasteiger partial charge in [0.2, 0.25) is 11.3 Å². The van der Waals surface area contributed by atoms with Crippen LogP contribution in [0.2, 0.25) is 0 Å². The second-order valence-electron chi connectivity index (χ2n) is 6.70. The average Bonchev–Trinajstić information content (AvgIpc) is 2.66. The number of fused-ring (bicyclic) bond motifs is 2. The number of nitrogens with one attached hydrogen (secondary N) is 1. The van der Waals surface area contributed by atoms with Gasteiger partial charge < -0.3 is 9.73 Å². The first-order chi connectivity index (χ1) is 13.0. The highest BCUT2D eigenvalue weighted by atomic mass is 16.3. The van der Waals surface area contributed by atoms with Gasteiger partial charge in [-0.2, -0.15) is 0 Å². The maximum absolute atomic E-state index is 12.9. The third kappa shape index (κ3) is 3.10. The molecule has 27 heavy (non-hydrogen) atoms. The molecule has 1 N–H and O–H groups in total. The SMILES string of the molecule is Cc1ccc2c(=O)c3cccc(CC(=O)Nc4ccccc4)c3oc2c1C. The normalized spacial score (nSPS) is 11.0. The molecular weight excluding hydrogens is 338 g/mol. The first-order valence-electron chi connectivity index (χ1n) is 8.84. The van der Waals surface area contributed by atoms with Gasteiger partial charge in [-0.15, -0.1) is 0 Å². The topological polar surface area (TPSA) is 59.3 Å². The molecule has 4 heteroatoms. The minimum atomic E-state index is -0.155. The molecule has 0 aliphatic carbocycles. The van der Waals surface area contributed by atoms with Crippen LogP contribution in [0.3, 0.4) is 0 Å². The summed E-state index contributed by atoms with van der Waals surface area (Å²) in [6.07, 6.45) is 0.131. The predicted molar refractivity (Wildman–Crippen MR) is 108 cm³/mol. The Kier molecular flexibility index (Phi) is 4.24. The Morgan fingerprint density at radius 2 is 1.63 bits per heavy atom. The van der Waals surface area contributed by atoms with Gasteiger partial charge in [-0.25, -0.2) is 0 Å². The highest BCUT2D eigenvalue weighted by molar-refractivity contribution is 5.97. The van der Waals surface area contributed by atoms with Crippen molar-refractivity contribution in [1.29, 1.82) is 0 Å². The first kappa shape index (κ1) is 17.0. The van der Waals surface area contributed by atoms with E-state index in [0.29, 0.717) is 27.5 Å². The van der Waals surface area contributed by atoms with Crippen LogP contribution in [-0.4, -0.2) is 5.91 Å². The lowest BCUT2D eigenvalue weighted by atomic mass is 10.0. The van der Waals surface area contributed by atoms with Crippen molar-refractivity contribution in [3.63, 3.8) is 0 Å². The fourth-order valence-electron chi connectivity index (χ4n) is 3.27. The summed E-state index contributed by atoms with van der Waals surface area (Å²) >= 11 is 0. The number of anilines is 1. The summed E-state index contributed by atoms with van der Waals surface area (Å²) in [5.41, 5.74) is 4.43. The van der Waals surface area contributed by atoms with E-state index in [1.165, 1.54) is 0 Å². The van der Waals surface area contributed by atoms with E-state index in [1.54, 1.807) is 18.2 Å². The molecule has 0 spiro atoms. The van der Waals surface area contributed by atoms with Crippen LogP contribution in [0.5, 0.6) is 0 Å². The number of carbonyl (C=O) groups is 1. The van der Waals surface area contributed by atoms with E-state index in [4.69, 9.17) is 4.42 Å². The number of hydrogen-bond acceptors (Lipinski definition) is 3. The van der Waals surface area contributed by atoms with E-state index in [0.717, 1.165) is 16.8 Å². The van der Waals surface area contributed by atoms with Crippen molar-refractivity contribution in [3.05, 3.63) is 87.6 Å². The number of carbonyl (C=O) groups excluding carboxylic acids is 1. The molecule has 134 valence electrons. The lowest BCUT2D eigenvalue weighted by Gasteiger charge is -2.10. The Labute approximate surface area is 156 Å². The van der Waals surface area contributed by atoms with E-state index >= 15 is 0 Å². The molecule has 0 aliphatic rings. The number of hydrogen-bond donors (Lipinski definition) is 1. The van der Waals surface area contributed by atoms with E-state index in [9.17, 15) is 9.59 Å². The lowest BCUT2D eigenvalue weighted by Crippen LogP contribution is -2.15. The monoisotopic (exact) mass is 357 g/mol. The van der Waals surface area contributed by atoms with Gasteiger partial charge in [-0.3, -0.25) is 9.59 Å². The van der Waals surface area contributed by atoms with Gasteiger partial charge in [0.15, 0.2) is 0 Å². The average molecular weight is 357 g/mol. The zero-order chi connectivity index (χ0) is 19.0. The van der Waals surface area contributed by atoms with Gasteiger partial charge in [-0.1, -0.05) is 36.4 Å². The maximum Gasteiger partial charge on any atom is 0.228 e. The third-order valence-electron chi connectivity index (χ3n) is 4.88. The standard InChI is InChI=1S/C23H19NO3/c1-14-11-12-19-21(26)18-10-6-7-16(23(18)27-22(19)15(14)2)13-20(25)24-17-8-4-3-5-9-17/h3-12H,13H2,1-2H3,(H,24,25). The fourth-order valence-corrected chi connectivity index (χ4v) is 3.27. The van der Waals surface area contributed by atoms with Gasteiger partial charge in [0.1, 0.15) is 11.2 Å². The fraction of sp³-hybridized carbons (Fsp3) is 0.130. The molecule has 0 bridgehead atoms. The first-order valence-corrected chi connectivity index (χ1v) is 8.84. The summed E-state index contributed by atoms with van der Waals surface area (Å²) < 4.78 is 6.14. The quantitative estimate of drug-likeness (QED) is 0.539. The van der Waals surface area contributed by atoms with Crippen molar-refractivity contribution in [3.8, 4) is 0 Å². The number of para-hydroxylation sites is 2. The molecule has 1 heterocycles. The molecule has 1 amide bonds. The summed E-state index contributed by atoms with van der Waals surface area (Å²) in [5, 5.41) is 3.93. The van der Waals surface area contributed by atoms with Crippen molar-refractivity contribution in [2.75, 3.05) is 5.32 Å². The molecule has 0 unspecified atom stereocenters. The summed E-state index contributed by atoms with van der Waals surface area (Å²) in [7, 11) is 0. The number of rotatable bonds is 3. The van der Waals surface area contributed by atoms with Crippen molar-refractivity contribution in [1.82, 2.24) is 0 Å². The van der Waals surface area contributed by atoms with Crippen LogP contribution < -0.4 is 10.7 Å². The van der Waals surface area contributed by atoms with Crippen LogP contribution in [0.25, 0.3) is 21.9 Å². The van der Waals surface area contributed by atoms with Gasteiger partial charge in [0.05, 0.1) is 17.2 Å². The van der Waals surface area contributed by atoms with Crippen LogP contribution in [0.1, 0.15) is 16.7 Å². The summed E-state index contributed by atoms with van der Waals surface area (Å²) in [6, 6.07) is 18.4. The van der Waals surface area contributed by atoms with Crippen LogP contribution in [0.15, 0.2) is 69.9 Å². The highest BCUT2D eigenvalue weighted by Crippen LogP contribution is 2.26. The smallest absolute Gasteiger partial charge is 0.228 e. The van der Waals surface area contributed by atoms with Crippen LogP contribution in [0.4, 0.5) is 5.69 Å². The number of benzene rings is 3. The zero-order valence-electron chi connectivity index (χ0n) is 15.2. The van der Waals surface area contributed by atoms with Crippen molar-refractivity contribution < 1.29 is 9.21 Å². The minimum absolute atomic E-state index is 0.0698. The van der Waals surface area contributed by atoms with E-state index in [-0.39, 0.29) is 17.8 Å². The molecule has 4 aromatic rings. The van der Waals surface area contributed by atoms with Gasteiger partial charge in [0.25, 0.3) is 0 Å². The Balaban J connectivity index is 1.80. The van der Waals surface area contributed by atoms with Crippen molar-refractivity contribution in [2.45, 2.75) is 20.3 Å². The predicted octanol–water partition coefficient (Wildman–Crippen LogP) is 4.74. The molecule has 0 radical (unpaired) electrons. The van der Waals surface area contributed by atoms with E-state index in [2.05, 4.69) is 5.32 Å². The third-order valence-corrected chi connectivity index (χ3v) is 4.88. The summed E-state index contributed by atoms with van der Waals surface area (Å²) in [4.78, 5) is 25.4. The largest absolute Gasteiger partial charge is 0.455 e. The molecule has 0 saturated heterocycles. The van der Waals surface area contributed by atoms with Crippen molar-refractivity contribution >= 4 is 33.5 Å². The molecule has 0 atom stereocenters. The second kappa shape index (κ2) is 6.72. The molecule has 0 saturated carbocycles. The lowest BCUT2D eigenvalue weighted by molar-refractivity contribution is -0.115. The van der Waals surface area contributed by atoms with Crippen molar-refractivity contribution in [2.24, 2.45) is 0 Å². The van der Waals surface area contributed by atoms with Crippen LogP contribution >= 0.6 is 0 Å². The minimum Gasteiger partial charge on any atom is -0.455 e. The van der Waals surface area contributed by atoms with Crippen LogP contribution in [0, 0.1) is 13.8 Å². The number of amides is 1. The number of aryl methyl sites for hydroxylation is 2. The Hall–Kier alpha value is -3.40. The molecule has 0 fully saturated rings. The second-order valence-corrected chi connectivity index (χ2v) is 6.70. The van der Waals surface area contributed by atoms with Gasteiger partial charge >= 0.3 is 0 Å². The highest BCUT2D eigenvalue weighted by Gasteiger charge is 2.15. The molecule has 1 aromatic heterocycles. The Bertz CT molecular complexity index is 1220. The molecule has 4 nitrogen and oxygen atoms in total. The van der Waals surface area contributed by atoms with E-state index < -0.39 is 0 Å². The maximum atomic E-state index is 12.9. The molecule has 3 aromatic carbocycles. The molecule has 0 aliphatic heterocycles.